The molecule has 0 spiro atoms. The van der Waals surface area contributed by atoms with Crippen molar-refractivity contribution in [2.75, 3.05) is 11.9 Å². The minimum Gasteiger partial charge on any atom is -0.355 e. The highest BCUT2D eigenvalue weighted by molar-refractivity contribution is 8.00. The molecule has 28 heavy (non-hydrogen) atoms. The average molecular weight is 410 g/mol. The maximum absolute atomic E-state index is 12.5. The molecule has 0 aliphatic heterocycles. The summed E-state index contributed by atoms with van der Waals surface area (Å²) in [4.78, 5) is 24.1. The predicted molar refractivity (Wildman–Crippen MR) is 104 cm³/mol. The second-order valence-electron chi connectivity index (χ2n) is 6.20. The molecule has 0 saturated carbocycles. The first kappa shape index (κ1) is 21.8. The minimum absolute atomic E-state index is 0.150. The highest BCUT2D eigenvalue weighted by Gasteiger charge is 2.29. The molecule has 1 atom stereocenters. The van der Waals surface area contributed by atoms with E-state index < -0.39 is 11.7 Å². The highest BCUT2D eigenvalue weighted by Crippen LogP contribution is 2.29. The predicted octanol–water partition coefficient (Wildman–Crippen LogP) is 4.50. The molecule has 150 valence electrons. The Kier molecular flexibility index (Phi) is 7.51. The Hall–Kier alpha value is -2.48. The van der Waals surface area contributed by atoms with E-state index >= 15 is 0 Å². The molecule has 0 aliphatic rings. The van der Waals surface area contributed by atoms with Crippen molar-refractivity contribution in [3.05, 3.63) is 59.7 Å². The van der Waals surface area contributed by atoms with Crippen molar-refractivity contribution < 1.29 is 22.8 Å². The average Bonchev–Trinajstić information content (AvgIpc) is 2.62. The fourth-order valence-corrected chi connectivity index (χ4v) is 3.30. The molecule has 0 radical (unpaired) electrons. The Bertz CT molecular complexity index is 806. The number of alkyl halides is 3. The van der Waals surface area contributed by atoms with E-state index in [1.54, 1.807) is 19.1 Å². The fourth-order valence-electron chi connectivity index (χ4n) is 2.41. The van der Waals surface area contributed by atoms with Crippen LogP contribution in [-0.4, -0.2) is 23.6 Å². The summed E-state index contributed by atoms with van der Waals surface area (Å²) in [7, 11) is 0. The van der Waals surface area contributed by atoms with Crippen LogP contribution in [0, 0.1) is 0 Å². The lowest BCUT2D eigenvalue weighted by molar-refractivity contribution is -0.137. The van der Waals surface area contributed by atoms with Gasteiger partial charge in [-0.3, -0.25) is 9.59 Å². The summed E-state index contributed by atoms with van der Waals surface area (Å²) >= 11 is 1.38. The van der Waals surface area contributed by atoms with E-state index in [0.717, 1.165) is 22.6 Å². The van der Waals surface area contributed by atoms with Crippen LogP contribution in [0.1, 0.15) is 25.0 Å². The third kappa shape index (κ3) is 6.92. The number of anilines is 1. The van der Waals surface area contributed by atoms with Gasteiger partial charge in [0.25, 0.3) is 0 Å². The van der Waals surface area contributed by atoms with Crippen LogP contribution in [0.2, 0.25) is 0 Å². The Morgan fingerprint density at radius 3 is 2.18 bits per heavy atom. The minimum atomic E-state index is -4.35. The van der Waals surface area contributed by atoms with Crippen molar-refractivity contribution in [2.24, 2.45) is 0 Å². The first-order chi connectivity index (χ1) is 13.1. The van der Waals surface area contributed by atoms with Crippen LogP contribution >= 0.6 is 11.8 Å². The van der Waals surface area contributed by atoms with E-state index in [4.69, 9.17) is 0 Å². The molecule has 1 unspecified atom stereocenters. The third-order valence-electron chi connectivity index (χ3n) is 3.85. The zero-order chi connectivity index (χ0) is 20.7. The van der Waals surface area contributed by atoms with Gasteiger partial charge >= 0.3 is 6.18 Å². The number of thioether (sulfide) groups is 1. The van der Waals surface area contributed by atoms with Crippen LogP contribution in [0.15, 0.2) is 53.4 Å². The summed E-state index contributed by atoms with van der Waals surface area (Å²) in [6.07, 6.45) is -3.90. The molecule has 2 aromatic rings. The maximum Gasteiger partial charge on any atom is 0.416 e. The Labute approximate surface area is 165 Å². The van der Waals surface area contributed by atoms with Crippen molar-refractivity contribution in [1.29, 1.82) is 0 Å². The quantitative estimate of drug-likeness (QED) is 0.661. The molecule has 0 aromatic heterocycles. The highest BCUT2D eigenvalue weighted by atomic mass is 32.2. The van der Waals surface area contributed by atoms with Gasteiger partial charge in [0.15, 0.2) is 0 Å². The summed E-state index contributed by atoms with van der Waals surface area (Å²) in [5, 5.41) is 5.13. The van der Waals surface area contributed by atoms with E-state index in [2.05, 4.69) is 10.6 Å². The molecule has 0 fully saturated rings. The number of rotatable bonds is 7. The molecule has 2 aromatic carbocycles. The zero-order valence-electron chi connectivity index (χ0n) is 15.5. The molecule has 8 heteroatoms. The SMILES string of the molecule is CC(=O)Nc1ccc(SC(C)C(=O)NCCc2ccc(C(F)(F)F)cc2)cc1. The number of benzene rings is 2. The van der Waals surface area contributed by atoms with Gasteiger partial charge in [-0.1, -0.05) is 12.1 Å². The second-order valence-corrected chi connectivity index (χ2v) is 7.62. The normalized spacial score (nSPS) is 12.3. The van der Waals surface area contributed by atoms with Gasteiger partial charge in [-0.2, -0.15) is 13.2 Å². The third-order valence-corrected chi connectivity index (χ3v) is 4.96. The van der Waals surface area contributed by atoms with Gasteiger partial charge in [-0.15, -0.1) is 11.8 Å². The number of nitrogens with one attached hydrogen (secondary N) is 2. The van der Waals surface area contributed by atoms with Crippen LogP contribution in [0.4, 0.5) is 18.9 Å². The van der Waals surface area contributed by atoms with Crippen LogP contribution in [-0.2, 0) is 22.2 Å². The molecular weight excluding hydrogens is 389 g/mol. The van der Waals surface area contributed by atoms with Crippen LogP contribution in [0.5, 0.6) is 0 Å². The molecule has 2 amide bonds. The summed E-state index contributed by atoms with van der Waals surface area (Å²) in [5.41, 5.74) is 0.725. The molecule has 0 heterocycles. The largest absolute Gasteiger partial charge is 0.416 e. The smallest absolute Gasteiger partial charge is 0.355 e. The lowest BCUT2D eigenvalue weighted by Gasteiger charge is -2.13. The lowest BCUT2D eigenvalue weighted by atomic mass is 10.1. The monoisotopic (exact) mass is 410 g/mol. The summed E-state index contributed by atoms with van der Waals surface area (Å²) < 4.78 is 37.6. The molecule has 0 bridgehead atoms. The number of hydrogen-bond acceptors (Lipinski definition) is 3. The summed E-state index contributed by atoms with van der Waals surface area (Å²) in [6.45, 7) is 3.55. The molecular formula is C20H21F3N2O2S. The topological polar surface area (TPSA) is 58.2 Å². The van der Waals surface area contributed by atoms with Crippen LogP contribution < -0.4 is 10.6 Å². The van der Waals surface area contributed by atoms with Crippen LogP contribution in [0.25, 0.3) is 0 Å². The molecule has 2 rings (SSSR count). The number of carbonyl (C=O) groups is 2. The molecule has 4 nitrogen and oxygen atoms in total. The maximum atomic E-state index is 12.5. The van der Waals surface area contributed by atoms with Gasteiger partial charge in [0, 0.05) is 24.1 Å². The van der Waals surface area contributed by atoms with Crippen molar-refractivity contribution >= 4 is 29.3 Å². The number of halogens is 3. The Morgan fingerprint density at radius 2 is 1.64 bits per heavy atom. The van der Waals surface area contributed by atoms with E-state index in [0.29, 0.717) is 18.7 Å². The lowest BCUT2D eigenvalue weighted by Crippen LogP contribution is -2.32. The van der Waals surface area contributed by atoms with Gasteiger partial charge in [0.2, 0.25) is 11.8 Å². The Balaban J connectivity index is 1.78. The first-order valence-corrected chi connectivity index (χ1v) is 9.51. The van der Waals surface area contributed by atoms with Crippen molar-refractivity contribution in [3.63, 3.8) is 0 Å². The molecule has 0 saturated heterocycles. The standard InChI is InChI=1S/C20H21F3N2O2S/c1-13(28-18-9-7-17(8-10-18)25-14(2)26)19(27)24-12-11-15-3-5-16(6-4-15)20(21,22)23/h3-10,13H,11-12H2,1-2H3,(H,24,27)(H,25,26). The van der Waals surface area contributed by atoms with Gasteiger partial charge in [0.05, 0.1) is 10.8 Å². The van der Waals surface area contributed by atoms with Crippen molar-refractivity contribution in [3.8, 4) is 0 Å². The Morgan fingerprint density at radius 1 is 1.04 bits per heavy atom. The van der Waals surface area contributed by atoms with E-state index in [1.807, 2.05) is 12.1 Å². The summed E-state index contributed by atoms with van der Waals surface area (Å²) in [6, 6.07) is 12.1. The number of hydrogen-bond donors (Lipinski definition) is 2. The van der Waals surface area contributed by atoms with Gasteiger partial charge in [-0.25, -0.2) is 0 Å². The first-order valence-electron chi connectivity index (χ1n) is 8.63. The van der Waals surface area contributed by atoms with Gasteiger partial charge in [-0.05, 0) is 55.3 Å². The van der Waals surface area contributed by atoms with Crippen LogP contribution in [0.3, 0.4) is 0 Å². The molecule has 2 N–H and O–H groups in total. The van der Waals surface area contributed by atoms with Crippen molar-refractivity contribution in [2.45, 2.75) is 36.6 Å². The summed E-state index contributed by atoms with van der Waals surface area (Å²) in [5.74, 6) is -0.302. The zero-order valence-corrected chi connectivity index (χ0v) is 16.3. The van der Waals surface area contributed by atoms with Gasteiger partial charge < -0.3 is 10.6 Å². The van der Waals surface area contributed by atoms with Gasteiger partial charge in [0.1, 0.15) is 0 Å². The van der Waals surface area contributed by atoms with Crippen molar-refractivity contribution in [1.82, 2.24) is 5.32 Å². The number of amides is 2. The van der Waals surface area contributed by atoms with E-state index in [9.17, 15) is 22.8 Å². The fraction of sp³-hybridized carbons (Fsp3) is 0.300. The number of carbonyl (C=O) groups excluding carboxylic acids is 2. The second kappa shape index (κ2) is 9.64. The molecule has 0 aliphatic carbocycles. The van der Waals surface area contributed by atoms with E-state index in [1.165, 1.54) is 30.8 Å². The van der Waals surface area contributed by atoms with E-state index in [-0.39, 0.29) is 17.1 Å².